The fourth-order valence-electron chi connectivity index (χ4n) is 1.84. The van der Waals surface area contributed by atoms with Crippen molar-refractivity contribution in [2.75, 3.05) is 13.0 Å². The lowest BCUT2D eigenvalue weighted by Crippen LogP contribution is -2.21. The summed E-state index contributed by atoms with van der Waals surface area (Å²) in [5, 5.41) is 29.4. The van der Waals surface area contributed by atoms with Crippen LogP contribution in [0.25, 0.3) is 10.8 Å². The number of hydrogen-bond acceptors (Lipinski definition) is 6. The van der Waals surface area contributed by atoms with Crippen molar-refractivity contribution in [3.05, 3.63) is 34.4 Å². The summed E-state index contributed by atoms with van der Waals surface area (Å²) in [6.45, 7) is 0. The van der Waals surface area contributed by atoms with Crippen molar-refractivity contribution in [3.8, 4) is 11.5 Å². The maximum atomic E-state index is 11.8. The number of rotatable bonds is 4. The number of aliphatic hydroxyl groups excluding tert-OH is 2. The molecule has 0 amide bonds. The van der Waals surface area contributed by atoms with Crippen LogP contribution < -0.4 is 10.4 Å². The zero-order valence-electron chi connectivity index (χ0n) is 10.5. The van der Waals surface area contributed by atoms with Crippen molar-refractivity contribution in [1.29, 1.82) is 0 Å². The van der Waals surface area contributed by atoms with Gasteiger partial charge >= 0.3 is 5.63 Å². The molecule has 2 unspecified atom stereocenters. The lowest BCUT2D eigenvalue weighted by atomic mass is 10.1. The van der Waals surface area contributed by atoms with Gasteiger partial charge in [-0.3, -0.25) is 0 Å². The normalized spacial score (nSPS) is 14.2. The van der Waals surface area contributed by atoms with Crippen LogP contribution in [0.1, 0.15) is 11.9 Å². The topological polar surface area (TPSA) is 100 Å². The summed E-state index contributed by atoms with van der Waals surface area (Å²) in [4.78, 5) is 11.8. The number of hydrogen-bond donors (Lipinski definition) is 3. The minimum absolute atomic E-state index is 0.0258. The third-order valence-electron chi connectivity index (χ3n) is 2.88. The Morgan fingerprint density at radius 2 is 2.05 bits per heavy atom. The van der Waals surface area contributed by atoms with Gasteiger partial charge in [-0.1, -0.05) is 0 Å². The van der Waals surface area contributed by atoms with E-state index in [1.807, 2.05) is 0 Å². The Bertz CT molecular complexity index is 680. The number of fused-ring (bicyclic) bond motifs is 1. The Morgan fingerprint density at radius 1 is 1.35 bits per heavy atom. The molecular formula is C13H13ClO6. The second kappa shape index (κ2) is 5.70. The summed E-state index contributed by atoms with van der Waals surface area (Å²) in [7, 11) is 1.42. The van der Waals surface area contributed by atoms with E-state index in [-0.39, 0.29) is 22.8 Å². The molecule has 20 heavy (non-hydrogen) atoms. The van der Waals surface area contributed by atoms with Gasteiger partial charge in [0.1, 0.15) is 34.9 Å². The van der Waals surface area contributed by atoms with Crippen LogP contribution in [0.3, 0.4) is 0 Å². The van der Waals surface area contributed by atoms with Gasteiger partial charge in [-0.2, -0.15) is 0 Å². The molecule has 2 aromatic rings. The molecule has 1 aromatic carbocycles. The highest BCUT2D eigenvalue weighted by Gasteiger charge is 2.22. The van der Waals surface area contributed by atoms with Crippen molar-refractivity contribution in [2.45, 2.75) is 12.2 Å². The lowest BCUT2D eigenvalue weighted by molar-refractivity contribution is 0.0173. The highest BCUT2D eigenvalue weighted by molar-refractivity contribution is 6.18. The molecule has 0 aliphatic heterocycles. The van der Waals surface area contributed by atoms with Gasteiger partial charge < -0.3 is 24.5 Å². The van der Waals surface area contributed by atoms with Crippen LogP contribution in [0.15, 0.2) is 27.4 Å². The number of methoxy groups -OCH3 is 1. The monoisotopic (exact) mass is 300 g/mol. The molecular weight excluding hydrogens is 288 g/mol. The quantitative estimate of drug-likeness (QED) is 0.732. The van der Waals surface area contributed by atoms with Gasteiger partial charge in [-0.25, -0.2) is 4.79 Å². The Morgan fingerprint density at radius 3 is 2.65 bits per heavy atom. The number of benzene rings is 1. The number of aromatic hydroxyl groups is 1. The summed E-state index contributed by atoms with van der Waals surface area (Å²) < 4.78 is 9.89. The van der Waals surface area contributed by atoms with E-state index in [0.29, 0.717) is 11.1 Å². The van der Waals surface area contributed by atoms with Crippen LogP contribution in [0.5, 0.6) is 11.5 Å². The average molecular weight is 301 g/mol. The highest BCUT2D eigenvalue weighted by Crippen LogP contribution is 2.30. The number of ether oxygens (including phenoxy) is 1. The molecule has 0 radical (unpaired) electrons. The van der Waals surface area contributed by atoms with Crippen LogP contribution in [-0.4, -0.2) is 34.4 Å². The van der Waals surface area contributed by atoms with Gasteiger partial charge in [-0.05, 0) is 17.5 Å². The molecule has 0 aliphatic rings. The molecule has 2 atom stereocenters. The predicted octanol–water partition coefficient (Wildman–Crippen LogP) is 1.14. The fourth-order valence-corrected chi connectivity index (χ4v) is 2.01. The molecule has 0 aliphatic carbocycles. The summed E-state index contributed by atoms with van der Waals surface area (Å²) in [5.74, 6) is -0.291. The number of alkyl halides is 1. The molecule has 108 valence electrons. The fraction of sp³-hybridized carbons (Fsp3) is 0.308. The van der Waals surface area contributed by atoms with Gasteiger partial charge in [0.25, 0.3) is 0 Å². The third kappa shape index (κ3) is 2.58. The Kier molecular flexibility index (Phi) is 4.17. The minimum atomic E-state index is -1.43. The van der Waals surface area contributed by atoms with Crippen molar-refractivity contribution < 1.29 is 24.5 Å². The molecule has 0 saturated heterocycles. The van der Waals surface area contributed by atoms with E-state index in [9.17, 15) is 20.1 Å². The average Bonchev–Trinajstić information content (AvgIpc) is 2.44. The predicted molar refractivity (Wildman–Crippen MR) is 72.4 cm³/mol. The number of halogens is 1. The van der Waals surface area contributed by atoms with E-state index in [1.54, 1.807) is 0 Å². The maximum absolute atomic E-state index is 11.8. The smallest absolute Gasteiger partial charge is 0.347 e. The summed E-state index contributed by atoms with van der Waals surface area (Å²) in [5.41, 5.74) is -0.821. The molecule has 0 saturated carbocycles. The largest absolute Gasteiger partial charge is 0.507 e. The third-order valence-corrected chi connectivity index (χ3v) is 3.20. The van der Waals surface area contributed by atoms with Gasteiger partial charge in [0.05, 0.1) is 13.0 Å². The number of aliphatic hydroxyl groups is 2. The standard InChI is InChI=1S/C13H13ClO6/c1-19-7-2-6-3-10(12(17)9(16)5-14)20-13(18)11(6)8(15)4-7/h2-4,9,12,15-17H,5H2,1H3. The van der Waals surface area contributed by atoms with Crippen LogP contribution in [0.4, 0.5) is 0 Å². The molecule has 7 heteroatoms. The SMILES string of the molecule is COc1cc(O)c2c(=O)oc(C(O)C(O)CCl)cc2c1. The second-order valence-corrected chi connectivity index (χ2v) is 4.52. The van der Waals surface area contributed by atoms with E-state index in [4.69, 9.17) is 20.8 Å². The number of phenols is 1. The Hall–Kier alpha value is -1.76. The first-order chi connectivity index (χ1) is 9.47. The second-order valence-electron chi connectivity index (χ2n) is 4.21. The molecule has 6 nitrogen and oxygen atoms in total. The van der Waals surface area contributed by atoms with E-state index >= 15 is 0 Å². The van der Waals surface area contributed by atoms with E-state index in [1.165, 1.54) is 25.3 Å². The lowest BCUT2D eigenvalue weighted by Gasteiger charge is -2.14. The number of phenolic OH excluding ortho intramolecular Hbond substituents is 1. The van der Waals surface area contributed by atoms with Crippen molar-refractivity contribution in [3.63, 3.8) is 0 Å². The molecule has 3 N–H and O–H groups in total. The van der Waals surface area contributed by atoms with Gasteiger partial charge in [0.15, 0.2) is 0 Å². The van der Waals surface area contributed by atoms with Crippen LogP contribution in [0, 0.1) is 0 Å². The van der Waals surface area contributed by atoms with Crippen LogP contribution >= 0.6 is 11.6 Å². The van der Waals surface area contributed by atoms with Gasteiger partial charge in [-0.15, -0.1) is 11.6 Å². The van der Waals surface area contributed by atoms with Crippen LogP contribution in [-0.2, 0) is 0 Å². The maximum Gasteiger partial charge on any atom is 0.347 e. The van der Waals surface area contributed by atoms with Crippen molar-refractivity contribution >= 4 is 22.4 Å². The van der Waals surface area contributed by atoms with E-state index < -0.39 is 17.8 Å². The van der Waals surface area contributed by atoms with E-state index in [2.05, 4.69) is 0 Å². The molecule has 0 bridgehead atoms. The molecule has 0 fully saturated rings. The van der Waals surface area contributed by atoms with Crippen molar-refractivity contribution in [2.24, 2.45) is 0 Å². The Labute approximate surface area is 118 Å². The minimum Gasteiger partial charge on any atom is -0.507 e. The summed E-state index contributed by atoms with van der Waals surface area (Å²) in [6, 6.07) is 4.14. The van der Waals surface area contributed by atoms with Crippen molar-refractivity contribution in [1.82, 2.24) is 0 Å². The van der Waals surface area contributed by atoms with E-state index in [0.717, 1.165) is 0 Å². The first-order valence-electron chi connectivity index (χ1n) is 5.74. The first kappa shape index (κ1) is 14.6. The zero-order valence-corrected chi connectivity index (χ0v) is 11.3. The zero-order chi connectivity index (χ0) is 14.9. The van der Waals surface area contributed by atoms with Gasteiger partial charge in [0, 0.05) is 6.07 Å². The molecule has 1 aromatic heterocycles. The summed E-state index contributed by atoms with van der Waals surface area (Å²) >= 11 is 5.44. The summed E-state index contributed by atoms with van der Waals surface area (Å²) in [6.07, 6.45) is -2.70. The molecule has 0 spiro atoms. The Balaban J connectivity index is 2.64. The first-order valence-corrected chi connectivity index (χ1v) is 6.28. The molecule has 1 heterocycles. The van der Waals surface area contributed by atoms with Gasteiger partial charge in [0.2, 0.25) is 0 Å². The highest BCUT2D eigenvalue weighted by atomic mass is 35.5. The van der Waals surface area contributed by atoms with Crippen LogP contribution in [0.2, 0.25) is 0 Å². The molecule has 2 rings (SSSR count).